The molecule has 4 heteroatoms. The molecule has 1 unspecified atom stereocenters. The first-order valence-electron chi connectivity index (χ1n) is 5.88. The molecular formula is C15H15F2NO. The molecule has 0 aromatic heterocycles. The van der Waals surface area contributed by atoms with Crippen molar-refractivity contribution < 1.29 is 13.5 Å². The summed E-state index contributed by atoms with van der Waals surface area (Å²) < 4.78 is 32.2. The number of hydrogen-bond donors (Lipinski definition) is 1. The van der Waals surface area contributed by atoms with Crippen LogP contribution in [0.5, 0.6) is 5.75 Å². The average Bonchev–Trinajstić information content (AvgIpc) is 2.37. The summed E-state index contributed by atoms with van der Waals surface area (Å²) in [5, 5.41) is 0. The topological polar surface area (TPSA) is 35.2 Å². The zero-order valence-electron chi connectivity index (χ0n) is 10.8. The molecule has 0 amide bonds. The minimum atomic E-state index is -0.697. The fraction of sp³-hybridized carbons (Fsp3) is 0.200. The second kappa shape index (κ2) is 5.36. The number of rotatable bonds is 3. The number of halogens is 2. The molecule has 1 atom stereocenters. The van der Waals surface area contributed by atoms with E-state index in [1.54, 1.807) is 25.1 Å². The van der Waals surface area contributed by atoms with Crippen LogP contribution in [-0.2, 0) is 0 Å². The molecule has 0 bridgehead atoms. The molecule has 0 aliphatic rings. The lowest BCUT2D eigenvalue weighted by Gasteiger charge is -2.18. The van der Waals surface area contributed by atoms with Gasteiger partial charge in [-0.15, -0.1) is 0 Å². The Bertz CT molecular complexity index is 599. The number of ether oxygens (including phenoxy) is 1. The molecule has 0 saturated heterocycles. The molecule has 2 aromatic rings. The largest absolute Gasteiger partial charge is 0.496 e. The van der Waals surface area contributed by atoms with Crippen molar-refractivity contribution in [2.45, 2.75) is 13.0 Å². The number of methoxy groups -OCH3 is 1. The molecule has 19 heavy (non-hydrogen) atoms. The molecule has 0 aliphatic heterocycles. The van der Waals surface area contributed by atoms with Crippen LogP contribution in [0.15, 0.2) is 36.4 Å². The number of aryl methyl sites for hydroxylation is 1. The van der Waals surface area contributed by atoms with Crippen LogP contribution in [0.1, 0.15) is 22.7 Å². The molecule has 0 spiro atoms. The van der Waals surface area contributed by atoms with Crippen molar-refractivity contribution in [3.8, 4) is 5.75 Å². The zero-order chi connectivity index (χ0) is 14.0. The van der Waals surface area contributed by atoms with E-state index in [2.05, 4.69) is 0 Å². The quantitative estimate of drug-likeness (QED) is 0.921. The van der Waals surface area contributed by atoms with E-state index in [1.807, 2.05) is 0 Å². The molecule has 0 heterocycles. The second-order valence-corrected chi connectivity index (χ2v) is 4.33. The standard InChI is InChI=1S/C15H15F2NO/c1-9-8-10(16)6-7-11(9)15(18)14-12(17)4-3-5-13(14)19-2/h3-8,15H,18H2,1-2H3. The van der Waals surface area contributed by atoms with Crippen molar-refractivity contribution in [1.82, 2.24) is 0 Å². The molecule has 2 aromatic carbocycles. The van der Waals surface area contributed by atoms with Crippen LogP contribution < -0.4 is 10.5 Å². The molecule has 0 saturated carbocycles. The third-order valence-electron chi connectivity index (χ3n) is 3.11. The van der Waals surface area contributed by atoms with Crippen LogP contribution in [0.4, 0.5) is 8.78 Å². The minimum absolute atomic E-state index is 0.278. The van der Waals surface area contributed by atoms with Crippen LogP contribution in [0, 0.1) is 18.6 Å². The monoisotopic (exact) mass is 263 g/mol. The van der Waals surface area contributed by atoms with E-state index in [0.29, 0.717) is 16.9 Å². The van der Waals surface area contributed by atoms with E-state index in [1.165, 1.54) is 25.3 Å². The highest BCUT2D eigenvalue weighted by Crippen LogP contribution is 2.32. The summed E-state index contributed by atoms with van der Waals surface area (Å²) in [7, 11) is 1.46. The maximum atomic E-state index is 14.0. The van der Waals surface area contributed by atoms with Gasteiger partial charge in [-0.3, -0.25) is 0 Å². The van der Waals surface area contributed by atoms with E-state index in [-0.39, 0.29) is 11.4 Å². The molecule has 0 aliphatic carbocycles. The van der Waals surface area contributed by atoms with Gasteiger partial charge >= 0.3 is 0 Å². The molecule has 2 nitrogen and oxygen atoms in total. The highest BCUT2D eigenvalue weighted by atomic mass is 19.1. The van der Waals surface area contributed by atoms with Crippen molar-refractivity contribution in [2.24, 2.45) is 5.73 Å². The fourth-order valence-electron chi connectivity index (χ4n) is 2.14. The number of hydrogen-bond acceptors (Lipinski definition) is 2. The summed E-state index contributed by atoms with van der Waals surface area (Å²) in [6.45, 7) is 1.74. The normalized spacial score (nSPS) is 12.3. The van der Waals surface area contributed by atoms with E-state index in [0.717, 1.165) is 0 Å². The molecule has 2 rings (SSSR count). The zero-order valence-corrected chi connectivity index (χ0v) is 10.8. The van der Waals surface area contributed by atoms with Crippen molar-refractivity contribution in [1.29, 1.82) is 0 Å². The van der Waals surface area contributed by atoms with Gasteiger partial charge in [0.2, 0.25) is 0 Å². The Morgan fingerprint density at radius 3 is 2.53 bits per heavy atom. The third-order valence-corrected chi connectivity index (χ3v) is 3.11. The summed E-state index contributed by atoms with van der Waals surface area (Å²) in [5.74, 6) is -0.388. The number of benzene rings is 2. The highest BCUT2D eigenvalue weighted by Gasteiger charge is 2.20. The summed E-state index contributed by atoms with van der Waals surface area (Å²) in [6, 6.07) is 8.10. The Balaban J connectivity index is 2.52. The van der Waals surface area contributed by atoms with Gasteiger partial charge in [0.15, 0.2) is 0 Å². The van der Waals surface area contributed by atoms with Gasteiger partial charge in [0.05, 0.1) is 18.7 Å². The summed E-state index contributed by atoms with van der Waals surface area (Å²) >= 11 is 0. The summed E-state index contributed by atoms with van der Waals surface area (Å²) in [5.41, 5.74) is 7.73. The van der Waals surface area contributed by atoms with E-state index in [4.69, 9.17) is 10.5 Å². The molecule has 100 valence electrons. The third kappa shape index (κ3) is 2.58. The Labute approximate surface area is 110 Å². The Morgan fingerprint density at radius 2 is 1.89 bits per heavy atom. The van der Waals surface area contributed by atoms with E-state index in [9.17, 15) is 8.78 Å². The Kier molecular flexibility index (Phi) is 3.81. The maximum absolute atomic E-state index is 14.0. The van der Waals surface area contributed by atoms with Gasteiger partial charge in [0.1, 0.15) is 17.4 Å². The maximum Gasteiger partial charge on any atom is 0.132 e. The lowest BCUT2D eigenvalue weighted by atomic mass is 9.94. The van der Waals surface area contributed by atoms with Crippen molar-refractivity contribution in [2.75, 3.05) is 7.11 Å². The predicted octanol–water partition coefficient (Wildman–Crippen LogP) is 3.33. The van der Waals surface area contributed by atoms with E-state index >= 15 is 0 Å². The Morgan fingerprint density at radius 1 is 1.16 bits per heavy atom. The first-order valence-corrected chi connectivity index (χ1v) is 5.88. The van der Waals surface area contributed by atoms with Crippen molar-refractivity contribution in [3.63, 3.8) is 0 Å². The van der Waals surface area contributed by atoms with Crippen LogP contribution >= 0.6 is 0 Å². The van der Waals surface area contributed by atoms with Gasteiger partial charge in [-0.1, -0.05) is 12.1 Å². The van der Waals surface area contributed by atoms with E-state index < -0.39 is 11.9 Å². The van der Waals surface area contributed by atoms with Crippen LogP contribution in [-0.4, -0.2) is 7.11 Å². The SMILES string of the molecule is COc1cccc(F)c1C(N)c1ccc(F)cc1C. The summed E-state index contributed by atoms with van der Waals surface area (Å²) in [4.78, 5) is 0. The van der Waals surface area contributed by atoms with Gasteiger partial charge in [-0.25, -0.2) is 8.78 Å². The van der Waals surface area contributed by atoms with Gasteiger partial charge in [0, 0.05) is 0 Å². The van der Waals surface area contributed by atoms with Crippen LogP contribution in [0.3, 0.4) is 0 Å². The lowest BCUT2D eigenvalue weighted by Crippen LogP contribution is -2.16. The van der Waals surface area contributed by atoms with Gasteiger partial charge in [0.25, 0.3) is 0 Å². The molecule has 2 N–H and O–H groups in total. The first-order chi connectivity index (χ1) is 9.04. The molecule has 0 fully saturated rings. The average molecular weight is 263 g/mol. The number of nitrogens with two attached hydrogens (primary N) is 1. The highest BCUT2D eigenvalue weighted by molar-refractivity contribution is 5.44. The van der Waals surface area contributed by atoms with Crippen molar-refractivity contribution >= 4 is 0 Å². The van der Waals surface area contributed by atoms with Gasteiger partial charge < -0.3 is 10.5 Å². The summed E-state index contributed by atoms with van der Waals surface area (Å²) in [6.07, 6.45) is 0. The lowest BCUT2D eigenvalue weighted by molar-refractivity contribution is 0.402. The van der Waals surface area contributed by atoms with Gasteiger partial charge in [-0.05, 0) is 42.3 Å². The first kappa shape index (κ1) is 13.5. The second-order valence-electron chi connectivity index (χ2n) is 4.33. The fourth-order valence-corrected chi connectivity index (χ4v) is 2.14. The minimum Gasteiger partial charge on any atom is -0.496 e. The van der Waals surface area contributed by atoms with Crippen LogP contribution in [0.2, 0.25) is 0 Å². The van der Waals surface area contributed by atoms with Gasteiger partial charge in [-0.2, -0.15) is 0 Å². The van der Waals surface area contributed by atoms with Crippen LogP contribution in [0.25, 0.3) is 0 Å². The Hall–Kier alpha value is -1.94. The molecule has 0 radical (unpaired) electrons. The molecular weight excluding hydrogens is 248 g/mol. The van der Waals surface area contributed by atoms with Crippen molar-refractivity contribution in [3.05, 3.63) is 64.7 Å². The predicted molar refractivity (Wildman–Crippen MR) is 70.1 cm³/mol. The smallest absolute Gasteiger partial charge is 0.132 e.